The molecule has 128 valence electrons. The Morgan fingerprint density at radius 1 is 0.750 bits per heavy atom. The smallest absolute Gasteiger partial charge is 0.0234 e. The molecule has 1 aliphatic rings. The lowest BCUT2D eigenvalue weighted by atomic mass is 10.1. The van der Waals surface area contributed by atoms with Gasteiger partial charge in [0.2, 0.25) is 0 Å². The molecule has 3 nitrogen and oxygen atoms in total. The largest absolute Gasteiger partial charge is 0.309 e. The molecule has 0 unspecified atom stereocenters. The van der Waals surface area contributed by atoms with Crippen molar-refractivity contribution in [3.8, 4) is 0 Å². The zero-order valence-electron chi connectivity index (χ0n) is 15.0. The molecule has 3 rings (SSSR count). The van der Waals surface area contributed by atoms with Crippen LogP contribution in [0.1, 0.15) is 22.3 Å². The Morgan fingerprint density at radius 3 is 1.83 bits per heavy atom. The maximum atomic E-state index is 3.53. The van der Waals surface area contributed by atoms with E-state index in [2.05, 4.69) is 77.6 Å². The van der Waals surface area contributed by atoms with Crippen LogP contribution in [0.2, 0.25) is 0 Å². The summed E-state index contributed by atoms with van der Waals surface area (Å²) in [6, 6.07) is 17.8. The van der Waals surface area contributed by atoms with Crippen molar-refractivity contribution < 1.29 is 0 Å². The van der Waals surface area contributed by atoms with Crippen LogP contribution >= 0.6 is 0 Å². The first-order valence-corrected chi connectivity index (χ1v) is 8.94. The molecule has 1 aliphatic heterocycles. The zero-order chi connectivity index (χ0) is 16.8. The van der Waals surface area contributed by atoms with Crippen LogP contribution in [0.3, 0.4) is 0 Å². The van der Waals surface area contributed by atoms with Crippen LogP contribution in [0.4, 0.5) is 0 Å². The van der Waals surface area contributed by atoms with Crippen molar-refractivity contribution in [2.75, 3.05) is 33.2 Å². The molecule has 0 bridgehead atoms. The van der Waals surface area contributed by atoms with E-state index in [0.29, 0.717) is 0 Å². The number of nitrogens with zero attached hydrogens (tertiary/aromatic N) is 2. The first kappa shape index (κ1) is 17.2. The maximum absolute atomic E-state index is 3.53. The summed E-state index contributed by atoms with van der Waals surface area (Å²) in [7, 11) is 2.20. The van der Waals surface area contributed by atoms with Crippen LogP contribution in [0.5, 0.6) is 0 Å². The van der Waals surface area contributed by atoms with E-state index in [0.717, 1.165) is 19.6 Å². The second kappa shape index (κ2) is 8.43. The van der Waals surface area contributed by atoms with E-state index in [1.165, 1.54) is 48.4 Å². The summed E-state index contributed by atoms with van der Waals surface area (Å²) < 4.78 is 0. The van der Waals surface area contributed by atoms with Gasteiger partial charge in [0.1, 0.15) is 0 Å². The molecule has 1 fully saturated rings. The normalized spacial score (nSPS) is 16.4. The topological polar surface area (TPSA) is 18.5 Å². The van der Waals surface area contributed by atoms with Crippen molar-refractivity contribution in [1.82, 2.24) is 15.1 Å². The van der Waals surface area contributed by atoms with Crippen LogP contribution in [0.25, 0.3) is 0 Å². The van der Waals surface area contributed by atoms with Gasteiger partial charge in [-0.1, -0.05) is 54.1 Å². The molecule has 24 heavy (non-hydrogen) atoms. The molecule has 1 heterocycles. The maximum Gasteiger partial charge on any atom is 0.0234 e. The third-order valence-corrected chi connectivity index (χ3v) is 4.80. The predicted molar refractivity (Wildman–Crippen MR) is 101 cm³/mol. The zero-order valence-corrected chi connectivity index (χ0v) is 15.0. The van der Waals surface area contributed by atoms with Gasteiger partial charge in [-0.3, -0.25) is 4.90 Å². The quantitative estimate of drug-likeness (QED) is 0.881. The van der Waals surface area contributed by atoms with Crippen molar-refractivity contribution in [2.24, 2.45) is 0 Å². The van der Waals surface area contributed by atoms with Gasteiger partial charge >= 0.3 is 0 Å². The molecular formula is C21H29N3. The molecule has 0 aliphatic carbocycles. The molecular weight excluding hydrogens is 294 g/mol. The van der Waals surface area contributed by atoms with E-state index in [9.17, 15) is 0 Å². The first-order chi connectivity index (χ1) is 11.7. The van der Waals surface area contributed by atoms with Gasteiger partial charge in [0.15, 0.2) is 0 Å². The number of hydrogen-bond donors (Lipinski definition) is 1. The highest BCUT2D eigenvalue weighted by Gasteiger charge is 2.13. The average Bonchev–Trinajstić information content (AvgIpc) is 2.60. The van der Waals surface area contributed by atoms with Crippen molar-refractivity contribution >= 4 is 0 Å². The lowest BCUT2D eigenvalue weighted by molar-refractivity contribution is 0.148. The third kappa shape index (κ3) is 5.17. The van der Waals surface area contributed by atoms with Crippen LogP contribution in [0.15, 0.2) is 48.5 Å². The average molecular weight is 323 g/mol. The summed E-state index contributed by atoms with van der Waals surface area (Å²) in [5, 5.41) is 3.53. The summed E-state index contributed by atoms with van der Waals surface area (Å²) in [4.78, 5) is 4.95. The standard InChI is InChI=1S/C21H29N3/c1-18-3-5-19(6-4-18)15-22-16-20-7-9-21(10-8-20)17-24-13-11-23(2)12-14-24/h3-10,22H,11-17H2,1-2H3. The Balaban J connectivity index is 1.43. The van der Waals surface area contributed by atoms with Crippen LogP contribution in [-0.2, 0) is 19.6 Å². The van der Waals surface area contributed by atoms with E-state index in [-0.39, 0.29) is 0 Å². The van der Waals surface area contributed by atoms with E-state index < -0.39 is 0 Å². The molecule has 0 radical (unpaired) electrons. The number of benzene rings is 2. The minimum atomic E-state index is 0.919. The van der Waals surface area contributed by atoms with Gasteiger partial charge in [0.25, 0.3) is 0 Å². The number of rotatable bonds is 6. The van der Waals surface area contributed by atoms with Crippen molar-refractivity contribution in [3.05, 3.63) is 70.8 Å². The van der Waals surface area contributed by atoms with E-state index in [4.69, 9.17) is 0 Å². The highest BCUT2D eigenvalue weighted by Crippen LogP contribution is 2.10. The van der Waals surface area contributed by atoms with Crippen LogP contribution in [0, 0.1) is 6.92 Å². The second-order valence-electron chi connectivity index (χ2n) is 6.99. The fraction of sp³-hybridized carbons (Fsp3) is 0.429. The van der Waals surface area contributed by atoms with Crippen LogP contribution in [-0.4, -0.2) is 43.0 Å². The van der Waals surface area contributed by atoms with Gasteiger partial charge in [0.05, 0.1) is 0 Å². The molecule has 0 saturated carbocycles. The predicted octanol–water partition coefficient (Wildman–Crippen LogP) is 3.03. The lowest BCUT2D eigenvalue weighted by Crippen LogP contribution is -2.43. The number of piperazine rings is 1. The fourth-order valence-electron chi connectivity index (χ4n) is 3.08. The van der Waals surface area contributed by atoms with E-state index >= 15 is 0 Å². The van der Waals surface area contributed by atoms with Crippen LogP contribution < -0.4 is 5.32 Å². The Labute approximate surface area is 146 Å². The Hall–Kier alpha value is -1.68. The van der Waals surface area contributed by atoms with Crippen molar-refractivity contribution in [1.29, 1.82) is 0 Å². The highest BCUT2D eigenvalue weighted by atomic mass is 15.2. The molecule has 3 heteroatoms. The molecule has 2 aromatic carbocycles. The fourth-order valence-corrected chi connectivity index (χ4v) is 3.08. The van der Waals surface area contributed by atoms with E-state index in [1.54, 1.807) is 0 Å². The third-order valence-electron chi connectivity index (χ3n) is 4.80. The molecule has 0 aromatic heterocycles. The molecule has 0 amide bonds. The first-order valence-electron chi connectivity index (χ1n) is 8.94. The molecule has 1 N–H and O–H groups in total. The lowest BCUT2D eigenvalue weighted by Gasteiger charge is -2.32. The Morgan fingerprint density at radius 2 is 1.25 bits per heavy atom. The van der Waals surface area contributed by atoms with Crippen molar-refractivity contribution in [2.45, 2.75) is 26.6 Å². The summed E-state index contributed by atoms with van der Waals surface area (Å²) >= 11 is 0. The molecule has 1 saturated heterocycles. The highest BCUT2D eigenvalue weighted by molar-refractivity contribution is 5.23. The Bertz CT molecular complexity index is 611. The summed E-state index contributed by atoms with van der Waals surface area (Å²) in [6.07, 6.45) is 0. The van der Waals surface area contributed by atoms with Gasteiger partial charge in [-0.2, -0.15) is 0 Å². The minimum Gasteiger partial charge on any atom is -0.309 e. The SMILES string of the molecule is Cc1ccc(CNCc2ccc(CN3CCN(C)CC3)cc2)cc1. The summed E-state index contributed by atoms with van der Waals surface area (Å²) in [6.45, 7) is 9.76. The van der Waals surface area contributed by atoms with Gasteiger partial charge in [-0.15, -0.1) is 0 Å². The number of nitrogens with one attached hydrogen (secondary N) is 1. The summed E-state index contributed by atoms with van der Waals surface area (Å²) in [5.41, 5.74) is 5.42. The van der Waals surface area contributed by atoms with Gasteiger partial charge in [-0.25, -0.2) is 0 Å². The number of likely N-dealkylation sites (N-methyl/N-ethyl adjacent to an activating group) is 1. The second-order valence-corrected chi connectivity index (χ2v) is 6.99. The summed E-state index contributed by atoms with van der Waals surface area (Å²) in [5.74, 6) is 0. The van der Waals surface area contributed by atoms with Gasteiger partial charge in [0, 0.05) is 45.8 Å². The molecule has 0 atom stereocenters. The van der Waals surface area contributed by atoms with Gasteiger partial charge in [-0.05, 0) is 30.7 Å². The molecule has 2 aromatic rings. The molecule has 0 spiro atoms. The van der Waals surface area contributed by atoms with Crippen molar-refractivity contribution in [3.63, 3.8) is 0 Å². The number of aryl methyl sites for hydroxylation is 1. The van der Waals surface area contributed by atoms with Gasteiger partial charge < -0.3 is 10.2 Å². The Kier molecular flexibility index (Phi) is 6.02. The minimum absolute atomic E-state index is 0.919. The van der Waals surface area contributed by atoms with E-state index in [1.807, 2.05) is 0 Å². The number of hydrogen-bond acceptors (Lipinski definition) is 3. The monoisotopic (exact) mass is 323 g/mol.